The second kappa shape index (κ2) is 11.1. The van der Waals surface area contributed by atoms with Gasteiger partial charge in [0.25, 0.3) is 0 Å². The summed E-state index contributed by atoms with van der Waals surface area (Å²) < 4.78 is 15.8. The van der Waals surface area contributed by atoms with Gasteiger partial charge in [0.15, 0.2) is 0 Å². The zero-order valence-electron chi connectivity index (χ0n) is 22.6. The maximum absolute atomic E-state index is 15.8. The molecule has 2 aromatic carbocycles. The Morgan fingerprint density at radius 3 is 2.53 bits per heavy atom. The van der Waals surface area contributed by atoms with Crippen LogP contribution in [0.2, 0.25) is 10.0 Å². The van der Waals surface area contributed by atoms with Crippen molar-refractivity contribution in [3.8, 4) is 0 Å². The van der Waals surface area contributed by atoms with Crippen molar-refractivity contribution in [1.82, 2.24) is 15.5 Å². The Labute approximate surface area is 234 Å². The number of carbonyl (C=O) groups is 2. The zero-order valence-corrected chi connectivity index (χ0v) is 24.1. The van der Waals surface area contributed by atoms with Gasteiger partial charge in [0.1, 0.15) is 11.2 Å². The van der Waals surface area contributed by atoms with Gasteiger partial charge in [-0.25, -0.2) is 4.39 Å². The molecule has 2 aliphatic rings. The van der Waals surface area contributed by atoms with Crippen LogP contribution in [0.3, 0.4) is 0 Å². The molecule has 1 fully saturated rings. The molecule has 2 heterocycles. The lowest BCUT2D eigenvalue weighted by Gasteiger charge is -2.37. The van der Waals surface area contributed by atoms with Gasteiger partial charge in [-0.15, -0.1) is 0 Å². The highest BCUT2D eigenvalue weighted by Gasteiger charge is 2.66. The highest BCUT2D eigenvalue weighted by molar-refractivity contribution is 6.31. The van der Waals surface area contributed by atoms with E-state index in [4.69, 9.17) is 23.2 Å². The summed E-state index contributed by atoms with van der Waals surface area (Å²) in [5, 5.41) is 9.97. The highest BCUT2D eigenvalue weighted by Crippen LogP contribution is 2.57. The molecule has 2 aromatic rings. The number of hydrogen-bond donors (Lipinski definition) is 3. The van der Waals surface area contributed by atoms with Crippen LogP contribution in [0.5, 0.6) is 0 Å². The number of likely N-dealkylation sites (N-methyl/N-ethyl adjacent to an activating group) is 1. The van der Waals surface area contributed by atoms with Crippen molar-refractivity contribution in [2.24, 2.45) is 5.41 Å². The Balaban J connectivity index is 1.87. The van der Waals surface area contributed by atoms with E-state index in [1.54, 1.807) is 24.3 Å². The van der Waals surface area contributed by atoms with E-state index in [9.17, 15) is 9.59 Å². The summed E-state index contributed by atoms with van der Waals surface area (Å²) in [6.45, 7) is 13.3. The van der Waals surface area contributed by atoms with Crippen LogP contribution in [0.15, 0.2) is 36.4 Å². The number of amides is 2. The second-order valence-corrected chi connectivity index (χ2v) is 12.3. The molecule has 9 heteroatoms. The summed E-state index contributed by atoms with van der Waals surface area (Å²) in [7, 11) is 0. The van der Waals surface area contributed by atoms with Crippen molar-refractivity contribution in [2.75, 3.05) is 31.5 Å². The number of hydrogen-bond acceptors (Lipinski definition) is 4. The van der Waals surface area contributed by atoms with Gasteiger partial charge in [-0.2, -0.15) is 0 Å². The average Bonchev–Trinajstić information content (AvgIpc) is 3.32. The largest absolute Gasteiger partial charge is 0.353 e. The highest BCUT2D eigenvalue weighted by atomic mass is 35.5. The third-order valence-corrected chi connectivity index (χ3v) is 8.37. The molecule has 206 valence electrons. The first-order valence-electron chi connectivity index (χ1n) is 13.3. The van der Waals surface area contributed by atoms with Crippen LogP contribution in [-0.2, 0) is 15.0 Å². The fourth-order valence-electron chi connectivity index (χ4n) is 6.14. The van der Waals surface area contributed by atoms with Crippen LogP contribution in [0.4, 0.5) is 10.1 Å². The van der Waals surface area contributed by atoms with Gasteiger partial charge in [0.2, 0.25) is 11.8 Å². The summed E-state index contributed by atoms with van der Waals surface area (Å²) >= 11 is 12.5. The maximum Gasteiger partial charge on any atom is 0.237 e. The quantitative estimate of drug-likeness (QED) is 0.406. The minimum atomic E-state index is -1.25. The number of nitrogens with one attached hydrogen (secondary N) is 3. The van der Waals surface area contributed by atoms with Crippen LogP contribution in [0, 0.1) is 11.2 Å². The van der Waals surface area contributed by atoms with E-state index in [0.29, 0.717) is 35.8 Å². The van der Waals surface area contributed by atoms with Crippen molar-refractivity contribution in [3.05, 3.63) is 63.4 Å². The van der Waals surface area contributed by atoms with Gasteiger partial charge < -0.3 is 20.9 Å². The van der Waals surface area contributed by atoms with E-state index in [2.05, 4.69) is 55.5 Å². The first-order chi connectivity index (χ1) is 17.9. The molecule has 1 spiro atoms. The minimum absolute atomic E-state index is 0.0488. The van der Waals surface area contributed by atoms with Crippen molar-refractivity contribution in [2.45, 2.75) is 64.5 Å². The van der Waals surface area contributed by atoms with E-state index < -0.39 is 29.2 Å². The van der Waals surface area contributed by atoms with E-state index in [-0.39, 0.29) is 27.8 Å². The van der Waals surface area contributed by atoms with Gasteiger partial charge in [0, 0.05) is 35.8 Å². The van der Waals surface area contributed by atoms with Crippen LogP contribution in [-0.4, -0.2) is 55.0 Å². The maximum atomic E-state index is 15.8. The van der Waals surface area contributed by atoms with Crippen molar-refractivity contribution >= 4 is 40.7 Å². The summed E-state index contributed by atoms with van der Waals surface area (Å²) in [6.07, 6.45) is 0.574. The van der Waals surface area contributed by atoms with Gasteiger partial charge in [-0.1, -0.05) is 76.0 Å². The molecule has 0 unspecified atom stereocenters. The molecular weight excluding hydrogens is 526 g/mol. The zero-order chi connectivity index (χ0) is 27.8. The van der Waals surface area contributed by atoms with E-state index in [0.717, 1.165) is 13.1 Å². The Bertz CT molecular complexity index is 1210. The monoisotopic (exact) mass is 562 g/mol. The Morgan fingerprint density at radius 2 is 1.87 bits per heavy atom. The molecule has 6 nitrogen and oxygen atoms in total. The van der Waals surface area contributed by atoms with Crippen LogP contribution in [0.1, 0.15) is 58.1 Å². The Morgan fingerprint density at radius 1 is 1.16 bits per heavy atom. The summed E-state index contributed by atoms with van der Waals surface area (Å²) in [4.78, 5) is 30.1. The van der Waals surface area contributed by atoms with Gasteiger partial charge in [-0.05, 0) is 54.3 Å². The smallest absolute Gasteiger partial charge is 0.237 e. The lowest BCUT2D eigenvalue weighted by molar-refractivity contribution is -0.123. The molecule has 0 radical (unpaired) electrons. The molecule has 1 saturated heterocycles. The molecule has 2 amide bonds. The fourth-order valence-corrected chi connectivity index (χ4v) is 6.49. The van der Waals surface area contributed by atoms with Crippen molar-refractivity contribution < 1.29 is 14.0 Å². The van der Waals surface area contributed by atoms with Crippen molar-refractivity contribution in [1.29, 1.82) is 0 Å². The fraction of sp³-hybridized carbons (Fsp3) is 0.517. The third kappa shape index (κ3) is 5.18. The van der Waals surface area contributed by atoms with Crippen LogP contribution in [0.25, 0.3) is 0 Å². The molecule has 38 heavy (non-hydrogen) atoms. The molecule has 2 aliphatic heterocycles. The number of nitrogens with zero attached hydrogens (tertiary/aromatic N) is 1. The number of fused-ring (bicyclic) bond motifs is 2. The lowest BCUT2D eigenvalue weighted by Crippen LogP contribution is -2.49. The van der Waals surface area contributed by atoms with Gasteiger partial charge >= 0.3 is 0 Å². The van der Waals surface area contributed by atoms with E-state index in [1.165, 1.54) is 6.07 Å². The number of anilines is 1. The van der Waals surface area contributed by atoms with E-state index >= 15 is 4.39 Å². The standard InChI is InChI=1S/C29H37Cl2FN4O2/c1-6-36(7-2)14-13-33-26(37)25-23(18-9-8-10-20(31)24(18)32)29(22(35-25)16-28(3,4)5)19-12-11-17(30)15-21(19)34-27(29)38/h8-12,15,22-23,25,35H,6-7,13-14,16H2,1-5H3,(H,33,37)(H,34,38)/t22-,23+,25-,29+/m1/s1. The Hall–Kier alpha value is -2.19. The first-order valence-corrected chi connectivity index (χ1v) is 14.0. The Kier molecular flexibility index (Phi) is 8.43. The number of carbonyl (C=O) groups excluding carboxylic acids is 2. The predicted octanol–water partition coefficient (Wildman–Crippen LogP) is 5.34. The number of benzene rings is 2. The van der Waals surface area contributed by atoms with Crippen LogP contribution < -0.4 is 16.0 Å². The number of rotatable bonds is 8. The van der Waals surface area contributed by atoms with Crippen LogP contribution >= 0.6 is 23.2 Å². The van der Waals surface area contributed by atoms with Gasteiger partial charge in [0.05, 0.1) is 11.1 Å². The molecule has 0 saturated carbocycles. The molecule has 3 N–H and O–H groups in total. The minimum Gasteiger partial charge on any atom is -0.353 e. The van der Waals surface area contributed by atoms with Crippen molar-refractivity contribution in [3.63, 3.8) is 0 Å². The normalized spacial score (nSPS) is 24.7. The molecule has 0 aromatic heterocycles. The molecule has 4 rings (SSSR count). The molecule has 0 aliphatic carbocycles. The average molecular weight is 564 g/mol. The first kappa shape index (κ1) is 28.8. The van der Waals surface area contributed by atoms with Gasteiger partial charge in [-0.3, -0.25) is 9.59 Å². The summed E-state index contributed by atoms with van der Waals surface area (Å²) in [5.74, 6) is -2.01. The summed E-state index contributed by atoms with van der Waals surface area (Å²) in [5.41, 5.74) is 0.0867. The van der Waals surface area contributed by atoms with E-state index in [1.807, 2.05) is 6.07 Å². The SMILES string of the molecule is CCN(CC)CCNC(=O)[C@@H]1N[C@H](CC(C)(C)C)[C@]2(C(=O)Nc3cc(Cl)ccc32)[C@H]1c1cccc(Cl)c1F. The summed E-state index contributed by atoms with van der Waals surface area (Å²) in [6, 6.07) is 8.72. The third-order valence-electron chi connectivity index (χ3n) is 7.84. The molecule has 0 bridgehead atoms. The molecular formula is C29H37Cl2FN4O2. The second-order valence-electron chi connectivity index (χ2n) is 11.4. The molecule has 4 atom stereocenters. The predicted molar refractivity (Wildman–Crippen MR) is 151 cm³/mol. The number of halogens is 3. The lowest BCUT2D eigenvalue weighted by atomic mass is 9.62. The topological polar surface area (TPSA) is 73.5 Å².